The summed E-state index contributed by atoms with van der Waals surface area (Å²) in [6, 6.07) is -1.38. The van der Waals surface area contributed by atoms with Crippen molar-refractivity contribution >= 4 is 28.5 Å². The lowest BCUT2D eigenvalue weighted by Crippen LogP contribution is -2.43. The van der Waals surface area contributed by atoms with E-state index in [2.05, 4.69) is 15.6 Å². The molecule has 7 heteroatoms. The second kappa shape index (κ2) is 6.89. The quantitative estimate of drug-likeness (QED) is 0.779. The minimum Gasteiger partial charge on any atom is -0.480 e. The molecule has 21 heavy (non-hydrogen) atoms. The fourth-order valence-electron chi connectivity index (χ4n) is 2.39. The molecule has 2 rings (SSSR count). The summed E-state index contributed by atoms with van der Waals surface area (Å²) in [6.07, 6.45) is 4.67. The van der Waals surface area contributed by atoms with E-state index in [9.17, 15) is 9.59 Å². The predicted molar refractivity (Wildman–Crippen MR) is 81.8 cm³/mol. The Hall–Kier alpha value is -1.63. The maximum Gasteiger partial charge on any atom is 0.326 e. The third kappa shape index (κ3) is 4.42. The molecule has 1 heterocycles. The molecule has 0 saturated carbocycles. The number of urea groups is 1. The molecule has 0 saturated heterocycles. The van der Waals surface area contributed by atoms with E-state index in [1.165, 1.54) is 16.2 Å². The van der Waals surface area contributed by atoms with Gasteiger partial charge in [-0.15, -0.1) is 11.3 Å². The highest BCUT2D eigenvalue weighted by atomic mass is 32.1. The maximum atomic E-state index is 11.9. The van der Waals surface area contributed by atoms with E-state index >= 15 is 0 Å². The van der Waals surface area contributed by atoms with Crippen molar-refractivity contribution < 1.29 is 14.7 Å². The van der Waals surface area contributed by atoms with Crippen LogP contribution in [-0.2, 0) is 17.6 Å². The van der Waals surface area contributed by atoms with Crippen molar-refractivity contribution in [3.05, 3.63) is 10.6 Å². The third-order valence-electron chi connectivity index (χ3n) is 3.38. The number of aliphatic carboxylic acids is 1. The van der Waals surface area contributed by atoms with Gasteiger partial charge in [-0.25, -0.2) is 14.6 Å². The number of aromatic nitrogens is 1. The number of carbonyl (C=O) groups excluding carboxylic acids is 1. The average Bonchev–Trinajstić information content (AvgIpc) is 2.79. The number of aryl methyl sites for hydroxylation is 2. The summed E-state index contributed by atoms with van der Waals surface area (Å²) in [5.74, 6) is -0.823. The first-order valence-corrected chi connectivity index (χ1v) is 8.06. The van der Waals surface area contributed by atoms with Crippen molar-refractivity contribution in [2.24, 2.45) is 5.92 Å². The number of hydrogen-bond donors (Lipinski definition) is 3. The van der Waals surface area contributed by atoms with Gasteiger partial charge >= 0.3 is 12.0 Å². The van der Waals surface area contributed by atoms with Crippen molar-refractivity contribution in [3.8, 4) is 0 Å². The molecule has 0 aliphatic heterocycles. The van der Waals surface area contributed by atoms with Crippen molar-refractivity contribution in [1.82, 2.24) is 10.3 Å². The molecule has 0 spiro atoms. The molecule has 1 aliphatic carbocycles. The molecule has 0 bridgehead atoms. The van der Waals surface area contributed by atoms with Gasteiger partial charge in [0.2, 0.25) is 0 Å². The Bertz CT molecular complexity index is 504. The number of anilines is 1. The molecular weight excluding hydrogens is 290 g/mol. The zero-order valence-corrected chi connectivity index (χ0v) is 13.1. The second-order valence-corrected chi connectivity index (χ2v) is 6.80. The van der Waals surface area contributed by atoms with Crippen molar-refractivity contribution in [3.63, 3.8) is 0 Å². The van der Waals surface area contributed by atoms with Gasteiger partial charge in [-0.2, -0.15) is 0 Å². The standard InChI is InChI=1S/C14H21N3O3S/c1-8(2)7-10(12(18)19)15-13(20)17-14-16-9-5-3-4-6-11(9)21-14/h8,10H,3-7H2,1-2H3,(H,18,19)(H2,15,16,17,20)/t10-/m0/s1. The van der Waals surface area contributed by atoms with E-state index in [4.69, 9.17) is 5.11 Å². The lowest BCUT2D eigenvalue weighted by Gasteiger charge is -2.16. The Kier molecular flexibility index (Phi) is 5.17. The Morgan fingerprint density at radius 2 is 2.05 bits per heavy atom. The fourth-order valence-corrected chi connectivity index (χ4v) is 3.43. The molecule has 3 N–H and O–H groups in total. The Labute approximate surface area is 128 Å². The van der Waals surface area contributed by atoms with E-state index in [0.717, 1.165) is 31.4 Å². The summed E-state index contributed by atoms with van der Waals surface area (Å²) < 4.78 is 0. The van der Waals surface area contributed by atoms with Crippen molar-refractivity contribution in [2.75, 3.05) is 5.32 Å². The van der Waals surface area contributed by atoms with Crippen LogP contribution in [0.4, 0.5) is 9.93 Å². The van der Waals surface area contributed by atoms with E-state index in [1.807, 2.05) is 13.8 Å². The molecule has 0 aromatic carbocycles. The van der Waals surface area contributed by atoms with Crippen LogP contribution >= 0.6 is 11.3 Å². The summed E-state index contributed by atoms with van der Waals surface area (Å²) in [6.45, 7) is 3.84. The number of nitrogens with zero attached hydrogens (tertiary/aromatic N) is 1. The molecule has 2 amide bonds. The summed E-state index contributed by atoms with van der Waals surface area (Å²) in [7, 11) is 0. The molecular formula is C14H21N3O3S. The van der Waals surface area contributed by atoms with Crippen LogP contribution in [0.1, 0.15) is 43.7 Å². The van der Waals surface area contributed by atoms with E-state index in [-0.39, 0.29) is 5.92 Å². The van der Waals surface area contributed by atoms with Crippen LogP contribution in [0.25, 0.3) is 0 Å². The van der Waals surface area contributed by atoms with Gasteiger partial charge in [0.05, 0.1) is 5.69 Å². The molecule has 0 fully saturated rings. The summed E-state index contributed by atoms with van der Waals surface area (Å²) in [4.78, 5) is 28.7. The number of nitrogens with one attached hydrogen (secondary N) is 2. The predicted octanol–water partition coefficient (Wildman–Crippen LogP) is 2.64. The van der Waals surface area contributed by atoms with E-state index in [0.29, 0.717) is 11.6 Å². The lowest BCUT2D eigenvalue weighted by atomic mass is 10.0. The van der Waals surface area contributed by atoms with Crippen molar-refractivity contribution in [2.45, 2.75) is 52.0 Å². The first kappa shape index (κ1) is 15.8. The van der Waals surface area contributed by atoms with Gasteiger partial charge in [0.1, 0.15) is 6.04 Å². The minimum absolute atomic E-state index is 0.193. The van der Waals surface area contributed by atoms with Gasteiger partial charge < -0.3 is 10.4 Å². The number of thiazole rings is 1. The van der Waals surface area contributed by atoms with Crippen molar-refractivity contribution in [1.29, 1.82) is 0 Å². The zero-order valence-electron chi connectivity index (χ0n) is 12.3. The number of fused-ring (bicyclic) bond motifs is 1. The number of amides is 2. The van der Waals surface area contributed by atoms with E-state index in [1.54, 1.807) is 0 Å². The SMILES string of the molecule is CC(C)C[C@H](NC(=O)Nc1nc2c(s1)CCCC2)C(=O)O. The lowest BCUT2D eigenvalue weighted by molar-refractivity contribution is -0.139. The molecule has 0 unspecified atom stereocenters. The van der Waals surface area contributed by atoms with Gasteiger partial charge in [0.25, 0.3) is 0 Å². The Balaban J connectivity index is 1.94. The summed E-state index contributed by atoms with van der Waals surface area (Å²) >= 11 is 1.48. The normalized spacial score (nSPS) is 15.4. The largest absolute Gasteiger partial charge is 0.480 e. The minimum atomic E-state index is -1.02. The second-order valence-electron chi connectivity index (χ2n) is 5.71. The van der Waals surface area contributed by atoms with Gasteiger partial charge in [0, 0.05) is 4.88 Å². The molecule has 1 aromatic rings. The summed E-state index contributed by atoms with van der Waals surface area (Å²) in [5.41, 5.74) is 1.07. The van der Waals surface area contributed by atoms with Crippen LogP contribution < -0.4 is 10.6 Å². The zero-order chi connectivity index (χ0) is 15.4. The van der Waals surface area contributed by atoms with Crippen LogP contribution in [0, 0.1) is 5.92 Å². The molecule has 0 radical (unpaired) electrons. The number of carbonyl (C=O) groups is 2. The van der Waals surface area contributed by atoms with Crippen LogP contribution in [0.15, 0.2) is 0 Å². The number of carboxylic acid groups (broad SMARTS) is 1. The fraction of sp³-hybridized carbons (Fsp3) is 0.643. The molecule has 1 aliphatic rings. The first-order valence-electron chi connectivity index (χ1n) is 7.24. The summed E-state index contributed by atoms with van der Waals surface area (Å²) in [5, 5.41) is 14.8. The molecule has 1 aromatic heterocycles. The highest BCUT2D eigenvalue weighted by Gasteiger charge is 2.22. The first-order chi connectivity index (χ1) is 9.95. The number of hydrogen-bond acceptors (Lipinski definition) is 4. The van der Waals surface area contributed by atoms with Gasteiger partial charge in [-0.1, -0.05) is 13.8 Å². The molecule has 1 atom stereocenters. The average molecular weight is 311 g/mol. The topological polar surface area (TPSA) is 91.3 Å². The maximum absolute atomic E-state index is 11.9. The number of carboxylic acids is 1. The highest BCUT2D eigenvalue weighted by molar-refractivity contribution is 7.15. The van der Waals surface area contributed by atoms with Gasteiger partial charge in [-0.3, -0.25) is 5.32 Å². The Morgan fingerprint density at radius 3 is 2.67 bits per heavy atom. The monoisotopic (exact) mass is 311 g/mol. The number of rotatable bonds is 5. The van der Waals surface area contributed by atoms with Crippen LogP contribution in [-0.4, -0.2) is 28.1 Å². The van der Waals surface area contributed by atoms with Gasteiger partial charge in [0.15, 0.2) is 5.13 Å². The van der Waals surface area contributed by atoms with Crippen LogP contribution in [0.3, 0.4) is 0 Å². The van der Waals surface area contributed by atoms with Crippen LogP contribution in [0.2, 0.25) is 0 Å². The smallest absolute Gasteiger partial charge is 0.326 e. The highest BCUT2D eigenvalue weighted by Crippen LogP contribution is 2.29. The molecule has 116 valence electrons. The van der Waals surface area contributed by atoms with Crippen LogP contribution in [0.5, 0.6) is 0 Å². The van der Waals surface area contributed by atoms with E-state index < -0.39 is 18.0 Å². The van der Waals surface area contributed by atoms with Gasteiger partial charge in [-0.05, 0) is 38.0 Å². The third-order valence-corrected chi connectivity index (χ3v) is 4.45. The Morgan fingerprint density at radius 1 is 1.33 bits per heavy atom. The molecule has 6 nitrogen and oxygen atoms in total.